The molecule has 6 nitrogen and oxygen atoms in total. The van der Waals surface area contributed by atoms with Crippen molar-refractivity contribution in [3.63, 3.8) is 0 Å². The summed E-state index contributed by atoms with van der Waals surface area (Å²) in [6.45, 7) is 4.16. The number of methoxy groups -OCH3 is 1. The van der Waals surface area contributed by atoms with Gasteiger partial charge in [-0.25, -0.2) is 4.79 Å². The van der Waals surface area contributed by atoms with Crippen molar-refractivity contribution in [2.45, 2.75) is 13.8 Å². The molecule has 0 bridgehead atoms. The Kier molecular flexibility index (Phi) is 7.02. The normalized spacial score (nSPS) is 10.1. The van der Waals surface area contributed by atoms with Crippen LogP contribution in [0.15, 0.2) is 42.5 Å². The highest BCUT2D eigenvalue weighted by atomic mass is 16.5. The van der Waals surface area contributed by atoms with Crippen molar-refractivity contribution < 1.29 is 23.8 Å². The zero-order chi connectivity index (χ0) is 18.9. The highest BCUT2D eigenvalue weighted by molar-refractivity contribution is 5.91. The molecule has 0 aliphatic rings. The first-order chi connectivity index (χ1) is 12.5. The number of aryl methyl sites for hydroxylation is 2. The standard InChI is InChI=1S/C20H23NO5/c1-14-5-4-6-17(11-14)25-10-9-21-19(22)13-26-20(23)16-8-7-15(2)18(12-16)24-3/h4-8,11-12H,9-10,13H2,1-3H3,(H,21,22). The van der Waals surface area contributed by atoms with Gasteiger partial charge in [0.25, 0.3) is 5.91 Å². The van der Waals surface area contributed by atoms with Crippen molar-refractivity contribution >= 4 is 11.9 Å². The summed E-state index contributed by atoms with van der Waals surface area (Å²) in [5.74, 6) is 0.385. The lowest BCUT2D eigenvalue weighted by molar-refractivity contribution is -0.124. The maximum atomic E-state index is 12.0. The molecule has 0 spiro atoms. The van der Waals surface area contributed by atoms with Gasteiger partial charge in [-0.1, -0.05) is 18.2 Å². The third-order valence-electron chi connectivity index (χ3n) is 3.66. The van der Waals surface area contributed by atoms with E-state index in [1.807, 2.05) is 38.1 Å². The second-order valence-corrected chi connectivity index (χ2v) is 5.78. The molecule has 1 N–H and O–H groups in total. The van der Waals surface area contributed by atoms with Crippen LogP contribution in [0.3, 0.4) is 0 Å². The van der Waals surface area contributed by atoms with Gasteiger partial charge in [0.2, 0.25) is 0 Å². The van der Waals surface area contributed by atoms with Gasteiger partial charge in [0.15, 0.2) is 6.61 Å². The Labute approximate surface area is 153 Å². The monoisotopic (exact) mass is 357 g/mol. The Bertz CT molecular complexity index is 773. The molecule has 0 fully saturated rings. The number of esters is 1. The molecule has 2 aromatic rings. The van der Waals surface area contributed by atoms with Gasteiger partial charge in [-0.2, -0.15) is 0 Å². The molecule has 0 aliphatic carbocycles. The van der Waals surface area contributed by atoms with Crippen LogP contribution in [0.5, 0.6) is 11.5 Å². The minimum Gasteiger partial charge on any atom is -0.496 e. The number of hydrogen-bond acceptors (Lipinski definition) is 5. The molecule has 0 saturated carbocycles. The number of carbonyl (C=O) groups is 2. The summed E-state index contributed by atoms with van der Waals surface area (Å²) in [6.07, 6.45) is 0. The van der Waals surface area contributed by atoms with Gasteiger partial charge in [-0.15, -0.1) is 0 Å². The molecular weight excluding hydrogens is 334 g/mol. The fourth-order valence-corrected chi connectivity index (χ4v) is 2.28. The first kappa shape index (κ1) is 19.3. The molecular formula is C20H23NO5. The first-order valence-electron chi connectivity index (χ1n) is 8.27. The van der Waals surface area contributed by atoms with E-state index in [1.165, 1.54) is 7.11 Å². The molecule has 138 valence electrons. The largest absolute Gasteiger partial charge is 0.496 e. The summed E-state index contributed by atoms with van der Waals surface area (Å²) in [6, 6.07) is 12.6. The number of hydrogen-bond donors (Lipinski definition) is 1. The van der Waals surface area contributed by atoms with Crippen LogP contribution in [0.4, 0.5) is 0 Å². The van der Waals surface area contributed by atoms with Gasteiger partial charge >= 0.3 is 5.97 Å². The van der Waals surface area contributed by atoms with Crippen molar-refractivity contribution in [1.29, 1.82) is 0 Å². The van der Waals surface area contributed by atoms with Crippen LogP contribution in [-0.4, -0.2) is 38.7 Å². The Morgan fingerprint density at radius 2 is 1.88 bits per heavy atom. The Morgan fingerprint density at radius 3 is 2.62 bits per heavy atom. The van der Waals surface area contributed by atoms with Crippen molar-refractivity contribution in [3.8, 4) is 11.5 Å². The molecule has 0 aromatic heterocycles. The molecule has 0 heterocycles. The van der Waals surface area contributed by atoms with Crippen LogP contribution in [0, 0.1) is 13.8 Å². The second kappa shape index (κ2) is 9.46. The van der Waals surface area contributed by atoms with Crippen molar-refractivity contribution in [1.82, 2.24) is 5.32 Å². The number of rotatable bonds is 8. The van der Waals surface area contributed by atoms with Crippen LogP contribution in [0.1, 0.15) is 21.5 Å². The summed E-state index contributed by atoms with van der Waals surface area (Å²) in [5, 5.41) is 2.64. The van der Waals surface area contributed by atoms with Crippen LogP contribution in [-0.2, 0) is 9.53 Å². The van der Waals surface area contributed by atoms with E-state index in [4.69, 9.17) is 14.2 Å². The van der Waals surface area contributed by atoms with Gasteiger partial charge in [-0.3, -0.25) is 4.79 Å². The van der Waals surface area contributed by atoms with Gasteiger partial charge < -0.3 is 19.5 Å². The van der Waals surface area contributed by atoms with E-state index in [0.29, 0.717) is 24.5 Å². The molecule has 1 amide bonds. The van der Waals surface area contributed by atoms with E-state index in [2.05, 4.69) is 5.32 Å². The summed E-state index contributed by atoms with van der Waals surface area (Å²) in [7, 11) is 1.53. The van der Waals surface area contributed by atoms with Crippen molar-refractivity contribution in [2.75, 3.05) is 26.9 Å². The van der Waals surface area contributed by atoms with Gasteiger partial charge in [0.05, 0.1) is 19.2 Å². The number of benzene rings is 2. The average Bonchev–Trinajstić information content (AvgIpc) is 2.63. The van der Waals surface area contributed by atoms with E-state index in [0.717, 1.165) is 16.9 Å². The van der Waals surface area contributed by atoms with Crippen LogP contribution in [0.25, 0.3) is 0 Å². The van der Waals surface area contributed by atoms with E-state index in [1.54, 1.807) is 18.2 Å². The van der Waals surface area contributed by atoms with E-state index >= 15 is 0 Å². The van der Waals surface area contributed by atoms with Gasteiger partial charge in [-0.05, 0) is 49.2 Å². The Morgan fingerprint density at radius 1 is 1.08 bits per heavy atom. The second-order valence-electron chi connectivity index (χ2n) is 5.78. The molecule has 26 heavy (non-hydrogen) atoms. The number of amides is 1. The molecule has 0 radical (unpaired) electrons. The van der Waals surface area contributed by atoms with E-state index in [-0.39, 0.29) is 12.5 Å². The summed E-state index contributed by atoms with van der Waals surface area (Å²) in [5.41, 5.74) is 2.35. The lowest BCUT2D eigenvalue weighted by Crippen LogP contribution is -2.32. The predicted molar refractivity (Wildman–Crippen MR) is 97.7 cm³/mol. The van der Waals surface area contributed by atoms with E-state index < -0.39 is 5.97 Å². The molecule has 0 atom stereocenters. The number of ether oxygens (including phenoxy) is 3. The molecule has 2 aromatic carbocycles. The lowest BCUT2D eigenvalue weighted by atomic mass is 10.1. The molecule has 2 rings (SSSR count). The van der Waals surface area contributed by atoms with Crippen LogP contribution < -0.4 is 14.8 Å². The number of nitrogens with one attached hydrogen (secondary N) is 1. The highest BCUT2D eigenvalue weighted by Crippen LogP contribution is 2.19. The van der Waals surface area contributed by atoms with Crippen LogP contribution in [0.2, 0.25) is 0 Å². The van der Waals surface area contributed by atoms with Gasteiger partial charge in [0.1, 0.15) is 18.1 Å². The van der Waals surface area contributed by atoms with Crippen molar-refractivity contribution in [3.05, 3.63) is 59.2 Å². The zero-order valence-electron chi connectivity index (χ0n) is 15.2. The lowest BCUT2D eigenvalue weighted by Gasteiger charge is -2.10. The minimum atomic E-state index is -0.575. The number of carbonyl (C=O) groups excluding carboxylic acids is 2. The minimum absolute atomic E-state index is 0.322. The van der Waals surface area contributed by atoms with Crippen LogP contribution >= 0.6 is 0 Å². The van der Waals surface area contributed by atoms with Gasteiger partial charge in [0, 0.05) is 0 Å². The fourth-order valence-electron chi connectivity index (χ4n) is 2.28. The maximum absolute atomic E-state index is 12.0. The third kappa shape index (κ3) is 5.81. The molecule has 6 heteroatoms. The zero-order valence-corrected chi connectivity index (χ0v) is 15.2. The quantitative estimate of drug-likeness (QED) is 0.581. The molecule has 0 saturated heterocycles. The fraction of sp³-hybridized carbons (Fsp3) is 0.300. The van der Waals surface area contributed by atoms with E-state index in [9.17, 15) is 9.59 Å². The average molecular weight is 357 g/mol. The predicted octanol–water partition coefficient (Wildman–Crippen LogP) is 2.66. The Balaban J connectivity index is 1.70. The summed E-state index contributed by atoms with van der Waals surface area (Å²) in [4.78, 5) is 23.7. The third-order valence-corrected chi connectivity index (χ3v) is 3.66. The summed E-state index contributed by atoms with van der Waals surface area (Å²) < 4.78 is 15.7. The summed E-state index contributed by atoms with van der Waals surface area (Å²) >= 11 is 0. The molecule has 0 unspecified atom stereocenters. The topological polar surface area (TPSA) is 73.9 Å². The van der Waals surface area contributed by atoms with Crippen molar-refractivity contribution in [2.24, 2.45) is 0 Å². The smallest absolute Gasteiger partial charge is 0.338 e. The first-order valence-corrected chi connectivity index (χ1v) is 8.27. The SMILES string of the molecule is COc1cc(C(=O)OCC(=O)NCCOc2cccc(C)c2)ccc1C. The Hall–Kier alpha value is -3.02. The molecule has 0 aliphatic heterocycles. The maximum Gasteiger partial charge on any atom is 0.338 e. The highest BCUT2D eigenvalue weighted by Gasteiger charge is 2.12.